The molecule has 1 aromatic rings. The zero-order valence-corrected chi connectivity index (χ0v) is 17.1. The van der Waals surface area contributed by atoms with Crippen LogP contribution in [0.4, 0.5) is 5.69 Å². The summed E-state index contributed by atoms with van der Waals surface area (Å²) in [6.45, 7) is 1.89. The van der Waals surface area contributed by atoms with E-state index in [1.807, 2.05) is 4.90 Å². The SMILES string of the molecule is COc1ccc(NC(=O)[C@H](C)OC(=O)[C@H]2CC(=O)N(C3CCCC3)C2)cc1OC. The molecule has 0 spiro atoms. The van der Waals surface area contributed by atoms with Crippen LogP contribution in [-0.4, -0.2) is 55.6 Å². The summed E-state index contributed by atoms with van der Waals surface area (Å²) >= 11 is 0. The number of esters is 1. The first-order chi connectivity index (χ1) is 13.9. The fourth-order valence-corrected chi connectivity index (χ4v) is 3.94. The second-order valence-corrected chi connectivity index (χ2v) is 7.52. The monoisotopic (exact) mass is 404 g/mol. The third-order valence-corrected chi connectivity index (χ3v) is 5.57. The van der Waals surface area contributed by atoms with Gasteiger partial charge in [0.2, 0.25) is 5.91 Å². The third-order valence-electron chi connectivity index (χ3n) is 5.57. The van der Waals surface area contributed by atoms with Crippen LogP contribution < -0.4 is 14.8 Å². The Kier molecular flexibility index (Phi) is 6.61. The van der Waals surface area contributed by atoms with Gasteiger partial charge in [0, 0.05) is 30.8 Å². The zero-order chi connectivity index (χ0) is 21.0. The van der Waals surface area contributed by atoms with Crippen molar-refractivity contribution >= 4 is 23.5 Å². The van der Waals surface area contributed by atoms with Crippen molar-refractivity contribution in [1.82, 2.24) is 4.90 Å². The van der Waals surface area contributed by atoms with Crippen LogP contribution >= 0.6 is 0 Å². The van der Waals surface area contributed by atoms with E-state index in [2.05, 4.69) is 5.32 Å². The molecule has 2 aliphatic rings. The summed E-state index contributed by atoms with van der Waals surface area (Å²) in [6.07, 6.45) is 3.41. The Balaban J connectivity index is 1.54. The molecule has 158 valence electrons. The molecule has 1 aliphatic carbocycles. The number of rotatable bonds is 7. The highest BCUT2D eigenvalue weighted by atomic mass is 16.5. The van der Waals surface area contributed by atoms with Gasteiger partial charge in [-0.15, -0.1) is 0 Å². The van der Waals surface area contributed by atoms with E-state index in [0.717, 1.165) is 25.7 Å². The Labute approximate surface area is 170 Å². The average Bonchev–Trinajstić information content (AvgIpc) is 3.37. The molecule has 0 radical (unpaired) electrons. The summed E-state index contributed by atoms with van der Waals surface area (Å²) < 4.78 is 15.7. The summed E-state index contributed by atoms with van der Waals surface area (Å²) in [6, 6.07) is 5.21. The van der Waals surface area contributed by atoms with Gasteiger partial charge in [0.25, 0.3) is 5.91 Å². The number of anilines is 1. The number of hydrogen-bond acceptors (Lipinski definition) is 6. The van der Waals surface area contributed by atoms with Crippen LogP contribution in [0.15, 0.2) is 18.2 Å². The van der Waals surface area contributed by atoms with Gasteiger partial charge in [-0.3, -0.25) is 14.4 Å². The van der Waals surface area contributed by atoms with Gasteiger partial charge < -0.3 is 24.4 Å². The quantitative estimate of drug-likeness (QED) is 0.701. The molecule has 1 saturated heterocycles. The van der Waals surface area contributed by atoms with E-state index in [-0.39, 0.29) is 18.4 Å². The zero-order valence-electron chi connectivity index (χ0n) is 17.1. The molecule has 2 amide bonds. The summed E-state index contributed by atoms with van der Waals surface area (Å²) in [5.74, 6) is -0.453. The van der Waals surface area contributed by atoms with Crippen molar-refractivity contribution in [3.05, 3.63) is 18.2 Å². The Morgan fingerprint density at radius 2 is 1.83 bits per heavy atom. The van der Waals surface area contributed by atoms with Crippen LogP contribution in [0.2, 0.25) is 0 Å². The molecule has 1 N–H and O–H groups in total. The molecule has 0 unspecified atom stereocenters. The molecule has 0 aromatic heterocycles. The first-order valence-electron chi connectivity index (χ1n) is 9.95. The van der Waals surface area contributed by atoms with Crippen molar-refractivity contribution in [1.29, 1.82) is 0 Å². The van der Waals surface area contributed by atoms with Gasteiger partial charge >= 0.3 is 5.97 Å². The van der Waals surface area contributed by atoms with Crippen molar-refractivity contribution in [2.24, 2.45) is 5.92 Å². The number of benzene rings is 1. The first-order valence-corrected chi connectivity index (χ1v) is 9.95. The molecule has 1 aromatic carbocycles. The topological polar surface area (TPSA) is 94.2 Å². The fraction of sp³-hybridized carbons (Fsp3) is 0.571. The number of hydrogen-bond donors (Lipinski definition) is 1. The molecule has 29 heavy (non-hydrogen) atoms. The second-order valence-electron chi connectivity index (χ2n) is 7.52. The smallest absolute Gasteiger partial charge is 0.312 e. The normalized spacial score (nSPS) is 20.4. The van der Waals surface area contributed by atoms with Crippen molar-refractivity contribution in [2.45, 2.75) is 51.2 Å². The van der Waals surface area contributed by atoms with Crippen LogP contribution in [0.1, 0.15) is 39.0 Å². The molecule has 2 fully saturated rings. The van der Waals surface area contributed by atoms with Gasteiger partial charge in [-0.1, -0.05) is 12.8 Å². The Hall–Kier alpha value is -2.77. The average molecular weight is 404 g/mol. The number of methoxy groups -OCH3 is 2. The minimum absolute atomic E-state index is 0.00119. The van der Waals surface area contributed by atoms with Crippen molar-refractivity contribution in [3.8, 4) is 11.5 Å². The van der Waals surface area contributed by atoms with E-state index in [4.69, 9.17) is 14.2 Å². The van der Waals surface area contributed by atoms with Gasteiger partial charge in [0.05, 0.1) is 20.1 Å². The van der Waals surface area contributed by atoms with E-state index in [1.54, 1.807) is 18.2 Å². The maximum atomic E-state index is 12.5. The van der Waals surface area contributed by atoms with Gasteiger partial charge in [-0.25, -0.2) is 0 Å². The lowest BCUT2D eigenvalue weighted by Gasteiger charge is -2.24. The Morgan fingerprint density at radius 3 is 2.48 bits per heavy atom. The lowest BCUT2D eigenvalue weighted by molar-refractivity contribution is -0.157. The summed E-state index contributed by atoms with van der Waals surface area (Å²) in [5, 5.41) is 2.70. The number of amides is 2. The van der Waals surface area contributed by atoms with Crippen molar-refractivity contribution in [3.63, 3.8) is 0 Å². The second kappa shape index (κ2) is 9.15. The van der Waals surface area contributed by atoms with Crippen molar-refractivity contribution in [2.75, 3.05) is 26.1 Å². The minimum atomic E-state index is -0.980. The maximum Gasteiger partial charge on any atom is 0.312 e. The van der Waals surface area contributed by atoms with E-state index in [0.29, 0.717) is 23.7 Å². The molecule has 8 heteroatoms. The number of nitrogens with one attached hydrogen (secondary N) is 1. The highest BCUT2D eigenvalue weighted by molar-refractivity contribution is 5.96. The molecule has 8 nitrogen and oxygen atoms in total. The Morgan fingerprint density at radius 1 is 1.14 bits per heavy atom. The number of carbonyl (C=O) groups is 3. The number of carbonyl (C=O) groups excluding carboxylic acids is 3. The van der Waals surface area contributed by atoms with Crippen LogP contribution in [0.3, 0.4) is 0 Å². The predicted molar refractivity (Wildman–Crippen MR) is 106 cm³/mol. The molecule has 1 heterocycles. The van der Waals surface area contributed by atoms with E-state index < -0.39 is 23.9 Å². The molecule has 0 bridgehead atoms. The molecule has 1 saturated carbocycles. The maximum absolute atomic E-state index is 12.5. The van der Waals surface area contributed by atoms with E-state index in [9.17, 15) is 14.4 Å². The lowest BCUT2D eigenvalue weighted by atomic mass is 10.1. The number of ether oxygens (including phenoxy) is 3. The molecule has 3 rings (SSSR count). The molecule has 1 aliphatic heterocycles. The summed E-state index contributed by atoms with van der Waals surface area (Å²) in [4.78, 5) is 39.0. The predicted octanol–water partition coefficient (Wildman–Crippen LogP) is 2.37. The highest BCUT2D eigenvalue weighted by Crippen LogP contribution is 2.31. The minimum Gasteiger partial charge on any atom is -0.493 e. The largest absolute Gasteiger partial charge is 0.493 e. The van der Waals surface area contributed by atoms with Crippen LogP contribution in [0.25, 0.3) is 0 Å². The van der Waals surface area contributed by atoms with Gasteiger partial charge in [0.15, 0.2) is 17.6 Å². The molecular formula is C21H28N2O6. The van der Waals surface area contributed by atoms with Crippen LogP contribution in [0, 0.1) is 5.92 Å². The van der Waals surface area contributed by atoms with Crippen molar-refractivity contribution < 1.29 is 28.6 Å². The van der Waals surface area contributed by atoms with E-state index in [1.165, 1.54) is 21.1 Å². The number of nitrogens with zero attached hydrogens (tertiary/aromatic N) is 1. The Bertz CT molecular complexity index is 774. The third kappa shape index (κ3) is 4.81. The molecular weight excluding hydrogens is 376 g/mol. The van der Waals surface area contributed by atoms with Gasteiger partial charge in [-0.05, 0) is 31.9 Å². The van der Waals surface area contributed by atoms with Crippen LogP contribution in [0.5, 0.6) is 11.5 Å². The van der Waals surface area contributed by atoms with Gasteiger partial charge in [-0.2, -0.15) is 0 Å². The first kappa shape index (κ1) is 21.0. The van der Waals surface area contributed by atoms with E-state index >= 15 is 0 Å². The standard InChI is InChI=1S/C21H28N2O6/c1-13(20(25)22-15-8-9-17(27-2)18(11-15)28-3)29-21(26)14-10-19(24)23(12-14)16-6-4-5-7-16/h8-9,11,13-14,16H,4-7,10,12H2,1-3H3,(H,22,25)/t13-,14-/m0/s1. The van der Waals surface area contributed by atoms with Crippen LogP contribution in [-0.2, 0) is 19.1 Å². The highest BCUT2D eigenvalue weighted by Gasteiger charge is 2.40. The van der Waals surface area contributed by atoms with Gasteiger partial charge in [0.1, 0.15) is 0 Å². The summed E-state index contributed by atoms with van der Waals surface area (Å²) in [5.41, 5.74) is 0.499. The number of likely N-dealkylation sites (tertiary alicyclic amines) is 1. The fourth-order valence-electron chi connectivity index (χ4n) is 3.94. The molecule has 2 atom stereocenters. The summed E-state index contributed by atoms with van der Waals surface area (Å²) in [7, 11) is 3.03. The lowest BCUT2D eigenvalue weighted by Crippen LogP contribution is -2.36.